The quantitative estimate of drug-likeness (QED) is 0.788. The third-order valence-corrected chi connectivity index (χ3v) is 4.01. The van der Waals surface area contributed by atoms with Crippen LogP contribution in [0.25, 0.3) is 11.2 Å². The van der Waals surface area contributed by atoms with Crippen LogP contribution < -0.4 is 0 Å². The lowest BCUT2D eigenvalue weighted by Crippen LogP contribution is -2.29. The van der Waals surface area contributed by atoms with E-state index in [1.165, 1.54) is 0 Å². The van der Waals surface area contributed by atoms with Crippen molar-refractivity contribution < 1.29 is 0 Å². The predicted molar refractivity (Wildman–Crippen MR) is 89.0 cm³/mol. The molecule has 2 aromatic heterocycles. The molecule has 0 spiro atoms. The van der Waals surface area contributed by atoms with Crippen molar-refractivity contribution in [3.05, 3.63) is 23.7 Å². The Morgan fingerprint density at radius 2 is 1.95 bits per heavy atom. The van der Waals surface area contributed by atoms with Crippen molar-refractivity contribution in [2.75, 3.05) is 20.6 Å². The lowest BCUT2D eigenvalue weighted by atomic mass is 10.0. The smallest absolute Gasteiger partial charge is 0.160 e. The number of alkyl halides is 1. The standard InChI is InChI=1S/C16H25ClN4/c1-10(2)13(9-20(5)6)21-15(12(4)17)19-14-11(3)7-8-18-16(14)21/h7-8,10,12-13H,9H2,1-6H3. The fraction of sp³-hybridized carbons (Fsp3) is 0.625. The Kier molecular flexibility index (Phi) is 4.89. The number of aromatic nitrogens is 3. The van der Waals surface area contributed by atoms with Crippen molar-refractivity contribution in [1.82, 2.24) is 19.4 Å². The molecule has 0 aliphatic heterocycles. The summed E-state index contributed by atoms with van der Waals surface area (Å²) >= 11 is 6.39. The number of hydrogen-bond donors (Lipinski definition) is 0. The van der Waals surface area contributed by atoms with Gasteiger partial charge in [0.2, 0.25) is 0 Å². The molecule has 2 rings (SSSR count). The van der Waals surface area contributed by atoms with Crippen molar-refractivity contribution in [3.63, 3.8) is 0 Å². The van der Waals surface area contributed by atoms with Crippen LogP contribution in [0.4, 0.5) is 0 Å². The van der Waals surface area contributed by atoms with Gasteiger partial charge in [-0.25, -0.2) is 9.97 Å². The van der Waals surface area contributed by atoms with Gasteiger partial charge in [0.25, 0.3) is 0 Å². The zero-order valence-electron chi connectivity index (χ0n) is 13.8. The van der Waals surface area contributed by atoms with Crippen LogP contribution in [0.15, 0.2) is 12.3 Å². The topological polar surface area (TPSA) is 34.0 Å². The highest BCUT2D eigenvalue weighted by atomic mass is 35.5. The number of nitrogens with zero attached hydrogens (tertiary/aromatic N) is 4. The summed E-state index contributed by atoms with van der Waals surface area (Å²) in [5, 5.41) is -0.137. The van der Waals surface area contributed by atoms with Crippen molar-refractivity contribution in [1.29, 1.82) is 0 Å². The van der Waals surface area contributed by atoms with E-state index < -0.39 is 0 Å². The predicted octanol–water partition coefficient (Wildman–Crippen LogP) is 3.80. The fourth-order valence-electron chi connectivity index (χ4n) is 2.70. The molecule has 4 nitrogen and oxygen atoms in total. The Labute approximate surface area is 132 Å². The monoisotopic (exact) mass is 308 g/mol. The molecule has 2 unspecified atom stereocenters. The summed E-state index contributed by atoms with van der Waals surface area (Å²) in [4.78, 5) is 11.6. The number of rotatable bonds is 5. The van der Waals surface area contributed by atoms with Crippen molar-refractivity contribution in [2.24, 2.45) is 5.92 Å². The van der Waals surface area contributed by atoms with E-state index in [1.54, 1.807) is 0 Å². The summed E-state index contributed by atoms with van der Waals surface area (Å²) in [6.45, 7) is 9.45. The molecular weight excluding hydrogens is 284 g/mol. The molecule has 5 heteroatoms. The van der Waals surface area contributed by atoms with Crippen molar-refractivity contribution in [2.45, 2.75) is 39.1 Å². The minimum atomic E-state index is -0.137. The summed E-state index contributed by atoms with van der Waals surface area (Å²) in [6, 6.07) is 2.30. The SMILES string of the molecule is Cc1ccnc2c1nc(C(C)Cl)n2C(CN(C)C)C(C)C. The number of pyridine rings is 1. The van der Waals surface area contributed by atoms with Gasteiger partial charge in [-0.3, -0.25) is 0 Å². The van der Waals surface area contributed by atoms with E-state index in [-0.39, 0.29) is 5.38 Å². The van der Waals surface area contributed by atoms with Crippen molar-refractivity contribution >= 4 is 22.8 Å². The average molecular weight is 309 g/mol. The summed E-state index contributed by atoms with van der Waals surface area (Å²) in [5.74, 6) is 1.38. The van der Waals surface area contributed by atoms with Gasteiger partial charge >= 0.3 is 0 Å². The van der Waals surface area contributed by atoms with E-state index in [9.17, 15) is 0 Å². The van der Waals surface area contributed by atoms with Gasteiger partial charge < -0.3 is 9.47 Å². The molecule has 21 heavy (non-hydrogen) atoms. The van der Waals surface area contributed by atoms with Crippen molar-refractivity contribution in [3.8, 4) is 0 Å². The Bertz CT molecular complexity index is 616. The second-order valence-corrected chi connectivity index (χ2v) is 6.98. The van der Waals surface area contributed by atoms with Gasteiger partial charge in [-0.05, 0) is 45.5 Å². The molecule has 0 radical (unpaired) electrons. The van der Waals surface area contributed by atoms with Gasteiger partial charge in [-0.2, -0.15) is 0 Å². The Balaban J connectivity index is 2.69. The number of imidazole rings is 1. The molecule has 0 saturated carbocycles. The van der Waals surface area contributed by atoms with Crippen LogP contribution in [0.1, 0.15) is 43.6 Å². The highest BCUT2D eigenvalue weighted by Gasteiger charge is 2.25. The molecule has 2 aromatic rings. The molecule has 2 atom stereocenters. The maximum absolute atomic E-state index is 6.39. The van der Waals surface area contributed by atoms with Gasteiger partial charge in [0.15, 0.2) is 5.65 Å². The van der Waals surface area contributed by atoms with Crippen LogP contribution in [0, 0.1) is 12.8 Å². The first-order chi connectivity index (χ1) is 9.82. The van der Waals surface area contributed by atoms with Crippen LogP contribution in [0.3, 0.4) is 0 Å². The molecule has 116 valence electrons. The Morgan fingerprint density at radius 1 is 1.29 bits per heavy atom. The molecule has 0 fully saturated rings. The third kappa shape index (κ3) is 3.22. The second-order valence-electron chi connectivity index (χ2n) is 6.33. The maximum atomic E-state index is 6.39. The zero-order chi connectivity index (χ0) is 15.7. The van der Waals surface area contributed by atoms with E-state index >= 15 is 0 Å². The van der Waals surface area contributed by atoms with E-state index in [4.69, 9.17) is 16.6 Å². The minimum absolute atomic E-state index is 0.137. The van der Waals surface area contributed by atoms with E-state index in [0.717, 1.165) is 29.1 Å². The number of hydrogen-bond acceptors (Lipinski definition) is 3. The van der Waals surface area contributed by atoms with E-state index in [1.807, 2.05) is 19.2 Å². The maximum Gasteiger partial charge on any atom is 0.160 e. The largest absolute Gasteiger partial charge is 0.307 e. The van der Waals surface area contributed by atoms with Gasteiger partial charge in [0, 0.05) is 12.7 Å². The van der Waals surface area contributed by atoms with Gasteiger partial charge in [0.05, 0.1) is 11.4 Å². The van der Waals surface area contributed by atoms with Gasteiger partial charge in [-0.15, -0.1) is 11.6 Å². The minimum Gasteiger partial charge on any atom is -0.307 e. The molecule has 2 heterocycles. The van der Waals surface area contributed by atoms with Gasteiger partial charge in [0.1, 0.15) is 11.3 Å². The summed E-state index contributed by atoms with van der Waals surface area (Å²) in [5.41, 5.74) is 3.05. The summed E-state index contributed by atoms with van der Waals surface area (Å²) in [6.07, 6.45) is 1.85. The van der Waals surface area contributed by atoms with Crippen LogP contribution >= 0.6 is 11.6 Å². The first kappa shape index (κ1) is 16.2. The number of likely N-dealkylation sites (N-methyl/N-ethyl adjacent to an activating group) is 1. The van der Waals surface area contributed by atoms with Crippen LogP contribution in [0.2, 0.25) is 0 Å². The first-order valence-corrected chi connectivity index (χ1v) is 7.88. The zero-order valence-corrected chi connectivity index (χ0v) is 14.5. The van der Waals surface area contributed by atoms with Crippen LogP contribution in [-0.4, -0.2) is 40.1 Å². The molecule has 0 aliphatic rings. The third-order valence-electron chi connectivity index (χ3n) is 3.82. The number of aryl methyl sites for hydroxylation is 1. The van der Waals surface area contributed by atoms with Crippen LogP contribution in [-0.2, 0) is 0 Å². The molecule has 0 bridgehead atoms. The molecule has 0 N–H and O–H groups in total. The molecule has 0 aliphatic carbocycles. The number of halogens is 1. The first-order valence-electron chi connectivity index (χ1n) is 7.45. The van der Waals surface area contributed by atoms with Crippen LogP contribution in [0.5, 0.6) is 0 Å². The molecule has 0 aromatic carbocycles. The molecule has 0 saturated heterocycles. The average Bonchev–Trinajstić information content (AvgIpc) is 2.76. The molecular formula is C16H25ClN4. The summed E-state index contributed by atoms with van der Waals surface area (Å²) < 4.78 is 2.24. The highest BCUT2D eigenvalue weighted by molar-refractivity contribution is 6.20. The highest BCUT2D eigenvalue weighted by Crippen LogP contribution is 2.31. The second kappa shape index (κ2) is 6.32. The summed E-state index contributed by atoms with van der Waals surface area (Å²) in [7, 11) is 4.19. The van der Waals surface area contributed by atoms with E-state index in [0.29, 0.717) is 12.0 Å². The number of fused-ring (bicyclic) bond motifs is 1. The Morgan fingerprint density at radius 3 is 2.48 bits per heavy atom. The lowest BCUT2D eigenvalue weighted by molar-refractivity contribution is 0.268. The van der Waals surface area contributed by atoms with E-state index in [2.05, 4.69) is 49.3 Å². The fourth-order valence-corrected chi connectivity index (χ4v) is 2.85. The molecule has 0 amide bonds. The normalized spacial score (nSPS) is 15.1. The lowest BCUT2D eigenvalue weighted by Gasteiger charge is -2.28. The van der Waals surface area contributed by atoms with Gasteiger partial charge in [-0.1, -0.05) is 13.8 Å². The Hall–Kier alpha value is -1.13.